The molecule has 1 fully saturated rings. The van der Waals surface area contributed by atoms with E-state index < -0.39 is 0 Å². The number of hydrogen-bond donors (Lipinski definition) is 1. The molecule has 20 heavy (non-hydrogen) atoms. The fraction of sp³-hybridized carbons (Fsp3) is 0.312. The molecule has 1 unspecified atom stereocenters. The molecule has 0 saturated carbocycles. The fourth-order valence-electron chi connectivity index (χ4n) is 2.62. The molecule has 1 N–H and O–H groups in total. The lowest BCUT2D eigenvalue weighted by molar-refractivity contribution is 0.0709. The minimum Gasteiger partial charge on any atom is -0.336 e. The molecule has 2 aromatic carbocycles. The number of benzene rings is 2. The first-order valence-corrected chi connectivity index (χ1v) is 6.75. The Labute approximate surface area is 125 Å². The molecule has 4 heteroatoms. The van der Waals surface area contributed by atoms with E-state index in [1.807, 2.05) is 41.3 Å². The average Bonchev–Trinajstić information content (AvgIpc) is 2.46. The van der Waals surface area contributed by atoms with E-state index in [-0.39, 0.29) is 18.3 Å². The largest absolute Gasteiger partial charge is 0.336 e. The molecule has 0 aromatic heterocycles. The summed E-state index contributed by atoms with van der Waals surface area (Å²) in [5, 5.41) is 5.65. The first-order chi connectivity index (χ1) is 9.24. The molecule has 3 nitrogen and oxygen atoms in total. The van der Waals surface area contributed by atoms with Crippen LogP contribution in [0.5, 0.6) is 0 Å². The summed E-state index contributed by atoms with van der Waals surface area (Å²) in [7, 11) is 0. The summed E-state index contributed by atoms with van der Waals surface area (Å²) < 4.78 is 0. The van der Waals surface area contributed by atoms with Crippen LogP contribution >= 0.6 is 12.4 Å². The number of carbonyl (C=O) groups excluding carboxylic acids is 1. The van der Waals surface area contributed by atoms with Gasteiger partial charge < -0.3 is 10.2 Å². The van der Waals surface area contributed by atoms with Gasteiger partial charge in [-0.25, -0.2) is 0 Å². The van der Waals surface area contributed by atoms with Gasteiger partial charge in [0.2, 0.25) is 0 Å². The third-order valence-electron chi connectivity index (χ3n) is 3.65. The van der Waals surface area contributed by atoms with E-state index in [4.69, 9.17) is 0 Å². The molecule has 0 spiro atoms. The first-order valence-electron chi connectivity index (χ1n) is 6.75. The number of amides is 1. The van der Waals surface area contributed by atoms with E-state index in [0.29, 0.717) is 6.04 Å². The number of nitrogens with one attached hydrogen (secondary N) is 1. The molecule has 0 bridgehead atoms. The monoisotopic (exact) mass is 290 g/mol. The fourth-order valence-corrected chi connectivity index (χ4v) is 2.62. The highest BCUT2D eigenvalue weighted by molar-refractivity contribution is 5.98. The average molecular weight is 291 g/mol. The highest BCUT2D eigenvalue weighted by atomic mass is 35.5. The summed E-state index contributed by atoms with van der Waals surface area (Å²) in [6.07, 6.45) is 0. The Balaban J connectivity index is 0.00000147. The van der Waals surface area contributed by atoms with Gasteiger partial charge in [0, 0.05) is 31.2 Å². The second-order valence-corrected chi connectivity index (χ2v) is 5.17. The van der Waals surface area contributed by atoms with Crippen LogP contribution in [-0.2, 0) is 0 Å². The zero-order valence-corrected chi connectivity index (χ0v) is 12.3. The van der Waals surface area contributed by atoms with Crippen molar-refractivity contribution in [2.24, 2.45) is 0 Å². The second kappa shape index (κ2) is 6.25. The van der Waals surface area contributed by atoms with Gasteiger partial charge in [-0.1, -0.05) is 30.3 Å². The zero-order chi connectivity index (χ0) is 13.2. The van der Waals surface area contributed by atoms with Gasteiger partial charge in [0.1, 0.15) is 0 Å². The topological polar surface area (TPSA) is 32.3 Å². The predicted molar refractivity (Wildman–Crippen MR) is 84.6 cm³/mol. The molecule has 1 atom stereocenters. The van der Waals surface area contributed by atoms with Crippen molar-refractivity contribution in [2.75, 3.05) is 19.6 Å². The Morgan fingerprint density at radius 3 is 2.70 bits per heavy atom. The van der Waals surface area contributed by atoms with Crippen LogP contribution < -0.4 is 5.32 Å². The van der Waals surface area contributed by atoms with Gasteiger partial charge in [0.25, 0.3) is 5.91 Å². The minimum atomic E-state index is 0. The van der Waals surface area contributed by atoms with Gasteiger partial charge in [0.15, 0.2) is 0 Å². The van der Waals surface area contributed by atoms with Crippen molar-refractivity contribution in [3.63, 3.8) is 0 Å². The van der Waals surface area contributed by atoms with Crippen molar-refractivity contribution >= 4 is 29.1 Å². The maximum atomic E-state index is 12.5. The number of nitrogens with zero attached hydrogens (tertiary/aromatic N) is 1. The van der Waals surface area contributed by atoms with Crippen molar-refractivity contribution in [3.05, 3.63) is 48.0 Å². The molecular weight excluding hydrogens is 272 g/mol. The summed E-state index contributed by atoms with van der Waals surface area (Å²) in [6.45, 7) is 4.56. The van der Waals surface area contributed by atoms with Gasteiger partial charge in [-0.05, 0) is 29.8 Å². The number of rotatable bonds is 1. The summed E-state index contributed by atoms with van der Waals surface area (Å²) >= 11 is 0. The van der Waals surface area contributed by atoms with Crippen LogP contribution in [-0.4, -0.2) is 36.5 Å². The highest BCUT2D eigenvalue weighted by Crippen LogP contribution is 2.17. The normalized spacial score (nSPS) is 18.6. The SMILES string of the molecule is CC1CN(C(=O)c2ccc3ccccc3c2)CCN1.Cl. The molecule has 1 aliphatic rings. The number of fused-ring (bicyclic) bond motifs is 1. The van der Waals surface area contributed by atoms with Crippen LogP contribution in [0.3, 0.4) is 0 Å². The molecular formula is C16H19ClN2O. The minimum absolute atomic E-state index is 0. The molecule has 0 radical (unpaired) electrons. The second-order valence-electron chi connectivity index (χ2n) is 5.17. The molecule has 106 valence electrons. The van der Waals surface area contributed by atoms with Crippen LogP contribution in [0, 0.1) is 0 Å². The van der Waals surface area contributed by atoms with E-state index >= 15 is 0 Å². The summed E-state index contributed by atoms with van der Waals surface area (Å²) in [5.41, 5.74) is 0.785. The number of piperazine rings is 1. The Morgan fingerprint density at radius 1 is 1.20 bits per heavy atom. The molecule has 2 aromatic rings. The van der Waals surface area contributed by atoms with E-state index in [0.717, 1.165) is 30.6 Å². The van der Waals surface area contributed by atoms with Crippen molar-refractivity contribution in [3.8, 4) is 0 Å². The van der Waals surface area contributed by atoms with Crippen LogP contribution in [0.25, 0.3) is 10.8 Å². The lowest BCUT2D eigenvalue weighted by atomic mass is 10.1. The molecule has 0 aliphatic carbocycles. The first kappa shape index (κ1) is 14.8. The lowest BCUT2D eigenvalue weighted by Crippen LogP contribution is -2.51. The number of hydrogen-bond acceptors (Lipinski definition) is 2. The van der Waals surface area contributed by atoms with Crippen LogP contribution in [0.1, 0.15) is 17.3 Å². The van der Waals surface area contributed by atoms with E-state index in [9.17, 15) is 4.79 Å². The van der Waals surface area contributed by atoms with Gasteiger partial charge >= 0.3 is 0 Å². The Bertz CT molecular complexity index is 614. The Morgan fingerprint density at radius 2 is 1.95 bits per heavy atom. The maximum Gasteiger partial charge on any atom is 0.253 e. The van der Waals surface area contributed by atoms with Crippen LogP contribution in [0.2, 0.25) is 0 Å². The standard InChI is InChI=1S/C16H18N2O.ClH/c1-12-11-18(9-8-17-12)16(19)15-7-6-13-4-2-3-5-14(13)10-15;/h2-7,10,12,17H,8-9,11H2,1H3;1H. The third-order valence-corrected chi connectivity index (χ3v) is 3.65. The lowest BCUT2D eigenvalue weighted by Gasteiger charge is -2.32. The molecule has 1 heterocycles. The maximum absolute atomic E-state index is 12.5. The third kappa shape index (κ3) is 2.94. The van der Waals surface area contributed by atoms with Crippen LogP contribution in [0.4, 0.5) is 0 Å². The summed E-state index contributed by atoms with van der Waals surface area (Å²) in [5.74, 6) is 0.138. The molecule has 3 rings (SSSR count). The Hall–Kier alpha value is -1.58. The molecule has 1 saturated heterocycles. The Kier molecular flexibility index (Phi) is 4.63. The van der Waals surface area contributed by atoms with Crippen molar-refractivity contribution < 1.29 is 4.79 Å². The summed E-state index contributed by atoms with van der Waals surface area (Å²) in [4.78, 5) is 14.4. The van der Waals surface area contributed by atoms with Crippen molar-refractivity contribution in [1.82, 2.24) is 10.2 Å². The summed E-state index contributed by atoms with van der Waals surface area (Å²) in [6, 6.07) is 14.4. The zero-order valence-electron chi connectivity index (χ0n) is 11.5. The van der Waals surface area contributed by atoms with Gasteiger partial charge in [-0.15, -0.1) is 12.4 Å². The number of halogens is 1. The van der Waals surface area contributed by atoms with Crippen molar-refractivity contribution in [2.45, 2.75) is 13.0 Å². The van der Waals surface area contributed by atoms with E-state index in [2.05, 4.69) is 18.3 Å². The van der Waals surface area contributed by atoms with Gasteiger partial charge in [-0.2, -0.15) is 0 Å². The highest BCUT2D eigenvalue weighted by Gasteiger charge is 2.21. The smallest absolute Gasteiger partial charge is 0.253 e. The van der Waals surface area contributed by atoms with Gasteiger partial charge in [-0.3, -0.25) is 4.79 Å². The quantitative estimate of drug-likeness (QED) is 0.876. The molecule has 1 amide bonds. The van der Waals surface area contributed by atoms with Crippen LogP contribution in [0.15, 0.2) is 42.5 Å². The predicted octanol–water partition coefficient (Wildman–Crippen LogP) is 2.70. The number of carbonyl (C=O) groups is 1. The van der Waals surface area contributed by atoms with Gasteiger partial charge in [0.05, 0.1) is 0 Å². The van der Waals surface area contributed by atoms with E-state index in [1.165, 1.54) is 5.39 Å². The van der Waals surface area contributed by atoms with E-state index in [1.54, 1.807) is 0 Å². The van der Waals surface area contributed by atoms with Crippen molar-refractivity contribution in [1.29, 1.82) is 0 Å². The molecule has 1 aliphatic heterocycles.